The molecule has 1 aliphatic heterocycles. The van der Waals surface area contributed by atoms with E-state index < -0.39 is 0 Å². The lowest BCUT2D eigenvalue weighted by Gasteiger charge is -2.18. The smallest absolute Gasteiger partial charge is 0.262 e. The van der Waals surface area contributed by atoms with Crippen LogP contribution in [0.2, 0.25) is 0 Å². The predicted octanol–water partition coefficient (Wildman–Crippen LogP) is 3.30. The van der Waals surface area contributed by atoms with Crippen molar-refractivity contribution in [2.24, 2.45) is 0 Å². The molecule has 2 aromatic carbocycles. The monoisotopic (exact) mass is 253 g/mol. The van der Waals surface area contributed by atoms with Gasteiger partial charge in [0.1, 0.15) is 5.75 Å². The fourth-order valence-corrected chi connectivity index (χ4v) is 2.18. The number of anilines is 1. The number of nitrogens with one attached hydrogen (secondary N) is 1. The summed E-state index contributed by atoms with van der Waals surface area (Å²) in [5.41, 5.74) is 5.50. The molecule has 0 radical (unpaired) electrons. The van der Waals surface area contributed by atoms with Crippen molar-refractivity contribution >= 4 is 11.6 Å². The number of ether oxygens (including phenoxy) is 1. The van der Waals surface area contributed by atoms with Crippen LogP contribution in [0.25, 0.3) is 11.1 Å². The number of carbonyl (C=O) groups is 1. The highest BCUT2D eigenvalue weighted by atomic mass is 16.5. The van der Waals surface area contributed by atoms with Gasteiger partial charge in [0, 0.05) is 0 Å². The first-order valence-corrected chi connectivity index (χ1v) is 6.28. The van der Waals surface area contributed by atoms with E-state index in [1.165, 1.54) is 11.1 Å². The van der Waals surface area contributed by atoms with E-state index in [4.69, 9.17) is 4.74 Å². The summed E-state index contributed by atoms with van der Waals surface area (Å²) >= 11 is 0. The van der Waals surface area contributed by atoms with Gasteiger partial charge < -0.3 is 10.1 Å². The summed E-state index contributed by atoms with van der Waals surface area (Å²) in [4.78, 5) is 11.3. The van der Waals surface area contributed by atoms with Gasteiger partial charge in [-0.25, -0.2) is 0 Å². The summed E-state index contributed by atoms with van der Waals surface area (Å²) in [7, 11) is 0. The van der Waals surface area contributed by atoms with Crippen LogP contribution < -0.4 is 10.1 Å². The molecule has 1 N–H and O–H groups in total. The van der Waals surface area contributed by atoms with Gasteiger partial charge in [0.05, 0.1) is 5.69 Å². The van der Waals surface area contributed by atoms with Crippen molar-refractivity contribution in [2.45, 2.75) is 13.8 Å². The Morgan fingerprint density at radius 2 is 1.74 bits per heavy atom. The molecule has 3 heteroatoms. The summed E-state index contributed by atoms with van der Waals surface area (Å²) in [5, 5.41) is 2.83. The molecule has 0 aliphatic carbocycles. The zero-order valence-electron chi connectivity index (χ0n) is 11.0. The highest BCUT2D eigenvalue weighted by Crippen LogP contribution is 2.33. The second-order valence-electron chi connectivity index (χ2n) is 4.85. The van der Waals surface area contributed by atoms with E-state index in [-0.39, 0.29) is 12.5 Å². The first kappa shape index (κ1) is 11.8. The van der Waals surface area contributed by atoms with Crippen molar-refractivity contribution < 1.29 is 9.53 Å². The number of aryl methyl sites for hydroxylation is 2. The zero-order chi connectivity index (χ0) is 13.4. The SMILES string of the molecule is Cc1ccc(-c2ccc3c(c2)NC(=O)CO3)cc1C. The lowest BCUT2D eigenvalue weighted by molar-refractivity contribution is -0.118. The minimum Gasteiger partial charge on any atom is -0.482 e. The van der Waals surface area contributed by atoms with Crippen LogP contribution in [0.4, 0.5) is 5.69 Å². The molecular formula is C16H15NO2. The molecule has 96 valence electrons. The lowest BCUT2D eigenvalue weighted by Crippen LogP contribution is -2.25. The molecule has 0 spiro atoms. The lowest BCUT2D eigenvalue weighted by atomic mass is 10.00. The molecule has 1 amide bonds. The maximum absolute atomic E-state index is 11.3. The second kappa shape index (κ2) is 4.43. The van der Waals surface area contributed by atoms with E-state index in [1.807, 2.05) is 18.2 Å². The molecule has 1 aliphatic rings. The van der Waals surface area contributed by atoms with Crippen LogP contribution in [0.1, 0.15) is 11.1 Å². The Kier molecular flexibility index (Phi) is 2.75. The Morgan fingerprint density at radius 1 is 1.00 bits per heavy atom. The van der Waals surface area contributed by atoms with Gasteiger partial charge in [-0.15, -0.1) is 0 Å². The van der Waals surface area contributed by atoms with Gasteiger partial charge in [-0.05, 0) is 48.2 Å². The maximum Gasteiger partial charge on any atom is 0.262 e. The van der Waals surface area contributed by atoms with Crippen molar-refractivity contribution in [3.05, 3.63) is 47.5 Å². The summed E-state index contributed by atoms with van der Waals surface area (Å²) in [5.74, 6) is 0.622. The van der Waals surface area contributed by atoms with Crippen molar-refractivity contribution in [3.8, 4) is 16.9 Å². The number of rotatable bonds is 1. The maximum atomic E-state index is 11.3. The second-order valence-corrected chi connectivity index (χ2v) is 4.85. The number of hydrogen-bond acceptors (Lipinski definition) is 2. The van der Waals surface area contributed by atoms with Crippen LogP contribution in [0, 0.1) is 13.8 Å². The normalized spacial score (nSPS) is 13.5. The van der Waals surface area contributed by atoms with Crippen molar-refractivity contribution in [2.75, 3.05) is 11.9 Å². The quantitative estimate of drug-likeness (QED) is 0.846. The number of carbonyl (C=O) groups excluding carboxylic acids is 1. The van der Waals surface area contributed by atoms with Gasteiger partial charge >= 0.3 is 0 Å². The van der Waals surface area contributed by atoms with Gasteiger partial charge in [0.15, 0.2) is 6.61 Å². The summed E-state index contributed by atoms with van der Waals surface area (Å²) in [6, 6.07) is 12.2. The molecule has 0 fully saturated rings. The van der Waals surface area contributed by atoms with Crippen LogP contribution in [0.15, 0.2) is 36.4 Å². The molecule has 0 saturated heterocycles. The highest BCUT2D eigenvalue weighted by molar-refractivity contribution is 5.96. The molecule has 3 nitrogen and oxygen atoms in total. The van der Waals surface area contributed by atoms with E-state index in [2.05, 4.69) is 37.4 Å². The average Bonchev–Trinajstić information content (AvgIpc) is 2.41. The Morgan fingerprint density at radius 3 is 2.53 bits per heavy atom. The summed E-state index contributed by atoms with van der Waals surface area (Å²) in [6.45, 7) is 4.29. The van der Waals surface area contributed by atoms with Crippen LogP contribution in [0.3, 0.4) is 0 Å². The number of fused-ring (bicyclic) bond motifs is 1. The molecule has 0 atom stereocenters. The first-order valence-electron chi connectivity index (χ1n) is 6.28. The van der Waals surface area contributed by atoms with E-state index >= 15 is 0 Å². The first-order chi connectivity index (χ1) is 9.13. The molecule has 2 aromatic rings. The van der Waals surface area contributed by atoms with Gasteiger partial charge in [-0.2, -0.15) is 0 Å². The predicted molar refractivity (Wildman–Crippen MR) is 75.5 cm³/mol. The van der Waals surface area contributed by atoms with E-state index in [9.17, 15) is 4.79 Å². The summed E-state index contributed by atoms with van der Waals surface area (Å²) < 4.78 is 5.36. The minimum absolute atomic E-state index is 0.0932. The number of hydrogen-bond donors (Lipinski definition) is 1. The Hall–Kier alpha value is -2.29. The fraction of sp³-hybridized carbons (Fsp3) is 0.188. The molecule has 3 rings (SSSR count). The topological polar surface area (TPSA) is 38.3 Å². The fourth-order valence-electron chi connectivity index (χ4n) is 2.18. The molecular weight excluding hydrogens is 238 g/mol. The molecule has 0 bridgehead atoms. The Labute approximate surface area is 112 Å². The molecule has 0 aromatic heterocycles. The zero-order valence-corrected chi connectivity index (χ0v) is 11.0. The van der Waals surface area contributed by atoms with E-state index in [0.717, 1.165) is 22.6 Å². The van der Waals surface area contributed by atoms with E-state index in [1.54, 1.807) is 0 Å². The van der Waals surface area contributed by atoms with Crippen LogP contribution >= 0.6 is 0 Å². The molecule has 19 heavy (non-hydrogen) atoms. The average molecular weight is 253 g/mol. The highest BCUT2D eigenvalue weighted by Gasteiger charge is 2.16. The summed E-state index contributed by atoms with van der Waals surface area (Å²) in [6.07, 6.45) is 0. The van der Waals surface area contributed by atoms with Crippen molar-refractivity contribution in [1.29, 1.82) is 0 Å². The standard InChI is InChI=1S/C16H15NO2/c1-10-3-4-12(7-11(10)2)13-5-6-15-14(8-13)17-16(18)9-19-15/h3-8H,9H2,1-2H3,(H,17,18). The molecule has 0 saturated carbocycles. The van der Waals surface area contributed by atoms with Crippen LogP contribution in [-0.2, 0) is 4.79 Å². The van der Waals surface area contributed by atoms with Crippen molar-refractivity contribution in [1.82, 2.24) is 0 Å². The molecule has 0 unspecified atom stereocenters. The van der Waals surface area contributed by atoms with Gasteiger partial charge in [-0.3, -0.25) is 4.79 Å². The van der Waals surface area contributed by atoms with Crippen LogP contribution in [-0.4, -0.2) is 12.5 Å². The van der Waals surface area contributed by atoms with E-state index in [0.29, 0.717) is 0 Å². The van der Waals surface area contributed by atoms with Crippen molar-refractivity contribution in [3.63, 3.8) is 0 Å². The van der Waals surface area contributed by atoms with Gasteiger partial charge in [-0.1, -0.05) is 24.3 Å². The Bertz CT molecular complexity index is 662. The third kappa shape index (κ3) is 2.19. The van der Waals surface area contributed by atoms with Gasteiger partial charge in [0.25, 0.3) is 5.91 Å². The van der Waals surface area contributed by atoms with Crippen LogP contribution in [0.5, 0.6) is 5.75 Å². The largest absolute Gasteiger partial charge is 0.482 e. The Balaban J connectivity index is 2.03. The molecule has 1 heterocycles. The minimum atomic E-state index is -0.107. The number of amides is 1. The number of benzene rings is 2. The van der Waals surface area contributed by atoms with Gasteiger partial charge in [0.2, 0.25) is 0 Å². The third-order valence-electron chi connectivity index (χ3n) is 3.45. The third-order valence-corrected chi connectivity index (χ3v) is 3.45.